The average molecular weight is 615 g/mol. The molecule has 1 amide bonds. The fourth-order valence-corrected chi connectivity index (χ4v) is 5.86. The highest BCUT2D eigenvalue weighted by Gasteiger charge is 2.31. The molecular weight excluding hydrogens is 589 g/mol. The largest absolute Gasteiger partial charge is 0.442 e. The van der Waals surface area contributed by atoms with Crippen LogP contribution in [0.1, 0.15) is 32.4 Å². The number of nitrogens with zero attached hydrogens (tertiary/aromatic N) is 7. The number of hydrogen-bond donors (Lipinski definition) is 1. The van der Waals surface area contributed by atoms with Gasteiger partial charge in [-0.15, -0.1) is 0 Å². The molecule has 0 unspecified atom stereocenters. The second kappa shape index (κ2) is 11.4. The first kappa shape index (κ1) is 28.2. The molecule has 12 nitrogen and oxygen atoms in total. The van der Waals surface area contributed by atoms with Crippen LogP contribution in [-0.2, 0) is 4.74 Å². The maximum Gasteiger partial charge on any atom is 0.436 e. The molecule has 0 radical (unpaired) electrons. The number of amides is 1. The predicted octanol–water partition coefficient (Wildman–Crippen LogP) is 7.42. The molecule has 1 N–H and O–H groups in total. The molecule has 14 heteroatoms. The maximum atomic E-state index is 13.7. The van der Waals surface area contributed by atoms with E-state index in [0.29, 0.717) is 49.7 Å². The first-order chi connectivity index (χ1) is 20.6. The summed E-state index contributed by atoms with van der Waals surface area (Å²) in [6, 6.07) is 19.2. The minimum Gasteiger partial charge on any atom is -0.442 e. The number of thiazole rings is 2. The van der Waals surface area contributed by atoms with E-state index in [0.717, 1.165) is 11.1 Å². The summed E-state index contributed by atoms with van der Waals surface area (Å²) < 4.78 is 16.8. The topological polar surface area (TPSA) is 145 Å². The number of aryl methyl sites for hydroxylation is 2. The SMILES string of the molecule is Cc1noc(-c2sc(NN(C(=O)OC(C)(C)C)c3nc(-c4ccccc4)c(-c4nc(C)no4)s3)nc2-c2ccccc2)n1. The summed E-state index contributed by atoms with van der Waals surface area (Å²) in [6.45, 7) is 8.86. The lowest BCUT2D eigenvalue weighted by Gasteiger charge is -2.25. The smallest absolute Gasteiger partial charge is 0.436 e. The highest BCUT2D eigenvalue weighted by Crippen LogP contribution is 2.42. The van der Waals surface area contributed by atoms with Gasteiger partial charge in [0.15, 0.2) is 11.6 Å². The first-order valence-electron chi connectivity index (χ1n) is 13.2. The molecule has 4 heterocycles. The number of nitrogens with one attached hydrogen (secondary N) is 1. The standard InChI is InChI=1S/C29H26N8O4S2/c1-16-30-24(40-35-16)22-20(18-12-8-6-9-13-18)32-26(42-22)34-37(28(38)39-29(3,4)5)27-33-21(19-14-10-7-11-15-19)23(43-27)25-31-17(2)36-41-25/h6-15H,1-5H3,(H,32,34). The summed E-state index contributed by atoms with van der Waals surface area (Å²) in [5, 5.41) is 9.78. The van der Waals surface area contributed by atoms with Crippen molar-refractivity contribution in [2.24, 2.45) is 0 Å². The van der Waals surface area contributed by atoms with Crippen molar-refractivity contribution in [3.8, 4) is 44.1 Å². The molecule has 0 bridgehead atoms. The van der Waals surface area contributed by atoms with E-state index < -0.39 is 11.7 Å². The van der Waals surface area contributed by atoms with Crippen molar-refractivity contribution >= 4 is 39.0 Å². The fourth-order valence-electron chi connectivity index (χ4n) is 4.00. The van der Waals surface area contributed by atoms with Crippen molar-refractivity contribution in [2.75, 3.05) is 10.4 Å². The molecule has 0 aliphatic carbocycles. The third-order valence-corrected chi connectivity index (χ3v) is 7.73. The lowest BCUT2D eigenvalue weighted by Crippen LogP contribution is -2.40. The predicted molar refractivity (Wildman–Crippen MR) is 163 cm³/mol. The van der Waals surface area contributed by atoms with E-state index in [-0.39, 0.29) is 5.13 Å². The van der Waals surface area contributed by atoms with Crippen LogP contribution in [0.25, 0.3) is 44.1 Å². The normalized spacial score (nSPS) is 11.5. The van der Waals surface area contributed by atoms with Gasteiger partial charge in [-0.05, 0) is 34.6 Å². The van der Waals surface area contributed by atoms with Crippen molar-refractivity contribution in [3.05, 3.63) is 72.3 Å². The van der Waals surface area contributed by atoms with Gasteiger partial charge in [0, 0.05) is 11.1 Å². The lowest BCUT2D eigenvalue weighted by atomic mass is 10.1. The van der Waals surface area contributed by atoms with Gasteiger partial charge < -0.3 is 13.8 Å². The Kier molecular flexibility index (Phi) is 7.46. The summed E-state index contributed by atoms with van der Waals surface area (Å²) >= 11 is 2.46. The molecule has 6 rings (SSSR count). The van der Waals surface area contributed by atoms with E-state index in [1.54, 1.807) is 34.6 Å². The van der Waals surface area contributed by atoms with Crippen LogP contribution in [0.15, 0.2) is 69.7 Å². The molecule has 0 aliphatic heterocycles. The third kappa shape index (κ3) is 6.15. The molecule has 0 saturated heterocycles. The van der Waals surface area contributed by atoms with Crippen molar-refractivity contribution in [2.45, 2.75) is 40.2 Å². The van der Waals surface area contributed by atoms with Crippen LogP contribution in [0, 0.1) is 13.8 Å². The minimum atomic E-state index is -0.784. The monoisotopic (exact) mass is 614 g/mol. The minimum absolute atomic E-state index is 0.283. The Labute approximate surface area is 254 Å². The van der Waals surface area contributed by atoms with E-state index in [1.165, 1.54) is 27.7 Å². The van der Waals surface area contributed by atoms with Crippen molar-refractivity contribution in [1.29, 1.82) is 0 Å². The molecule has 6 aromatic rings. The average Bonchev–Trinajstić information content (AvgIpc) is 3.78. The lowest BCUT2D eigenvalue weighted by molar-refractivity contribution is 0.0589. The number of ether oxygens (including phenoxy) is 1. The first-order valence-corrected chi connectivity index (χ1v) is 14.8. The molecular formula is C29H26N8O4S2. The molecule has 0 saturated carbocycles. The zero-order valence-corrected chi connectivity index (χ0v) is 25.5. The quantitative estimate of drug-likeness (QED) is 0.179. The number of carbonyl (C=O) groups excluding carboxylic acids is 1. The van der Waals surface area contributed by atoms with Gasteiger partial charge >= 0.3 is 6.09 Å². The fraction of sp³-hybridized carbons (Fsp3) is 0.207. The second-order valence-electron chi connectivity index (χ2n) is 10.3. The van der Waals surface area contributed by atoms with Gasteiger partial charge in [0.05, 0.1) is 11.4 Å². The molecule has 43 heavy (non-hydrogen) atoms. The molecule has 0 fully saturated rings. The molecule has 4 aromatic heterocycles. The molecule has 0 aliphatic rings. The van der Waals surface area contributed by atoms with Gasteiger partial charge in [-0.25, -0.2) is 14.8 Å². The second-order valence-corrected chi connectivity index (χ2v) is 12.3. The van der Waals surface area contributed by atoms with Crippen LogP contribution >= 0.6 is 22.7 Å². The Balaban J connectivity index is 1.46. The zero-order valence-electron chi connectivity index (χ0n) is 23.9. The summed E-state index contributed by atoms with van der Waals surface area (Å²) in [4.78, 5) is 33.4. The van der Waals surface area contributed by atoms with Gasteiger partial charge in [-0.2, -0.15) is 15.0 Å². The van der Waals surface area contributed by atoms with Crippen LogP contribution in [0.4, 0.5) is 15.1 Å². The third-order valence-electron chi connectivity index (χ3n) is 5.76. The van der Waals surface area contributed by atoms with E-state index in [2.05, 4.69) is 25.7 Å². The molecule has 2 aromatic carbocycles. The van der Waals surface area contributed by atoms with E-state index in [1.807, 2.05) is 60.7 Å². The maximum absolute atomic E-state index is 13.7. The Bertz CT molecular complexity index is 1870. The Morgan fingerprint density at radius 3 is 1.77 bits per heavy atom. The number of hydrazine groups is 1. The van der Waals surface area contributed by atoms with Crippen molar-refractivity contribution in [3.63, 3.8) is 0 Å². The summed E-state index contributed by atoms with van der Waals surface area (Å²) in [7, 11) is 0. The Hall–Kier alpha value is -4.95. The van der Waals surface area contributed by atoms with Crippen LogP contribution in [0.3, 0.4) is 0 Å². The number of hydrogen-bond acceptors (Lipinski definition) is 13. The van der Waals surface area contributed by atoms with Crippen LogP contribution in [-0.4, -0.2) is 41.9 Å². The number of anilines is 2. The summed E-state index contributed by atoms with van der Waals surface area (Å²) in [5.74, 6) is 1.58. The van der Waals surface area contributed by atoms with Gasteiger partial charge in [0.25, 0.3) is 11.8 Å². The van der Waals surface area contributed by atoms with Crippen LogP contribution in [0.5, 0.6) is 0 Å². The van der Waals surface area contributed by atoms with Crippen molar-refractivity contribution < 1.29 is 18.6 Å². The number of rotatable bonds is 7. The Morgan fingerprint density at radius 2 is 1.28 bits per heavy atom. The molecule has 0 spiro atoms. The summed E-state index contributed by atoms with van der Waals surface area (Å²) in [5.41, 5.74) is 5.20. The molecule has 218 valence electrons. The van der Waals surface area contributed by atoms with Crippen molar-refractivity contribution in [1.82, 2.24) is 30.2 Å². The number of carbonyl (C=O) groups is 1. The van der Waals surface area contributed by atoms with Gasteiger partial charge in [-0.1, -0.05) is 93.7 Å². The van der Waals surface area contributed by atoms with E-state index >= 15 is 0 Å². The van der Waals surface area contributed by atoms with Crippen LogP contribution < -0.4 is 10.4 Å². The highest BCUT2D eigenvalue weighted by atomic mass is 32.1. The number of benzene rings is 2. The van der Waals surface area contributed by atoms with Gasteiger partial charge in [0.1, 0.15) is 15.4 Å². The number of aromatic nitrogens is 6. The zero-order chi connectivity index (χ0) is 30.1. The Morgan fingerprint density at radius 1 is 0.767 bits per heavy atom. The molecule has 0 atom stereocenters. The summed E-state index contributed by atoms with van der Waals surface area (Å²) in [6.07, 6.45) is -0.680. The van der Waals surface area contributed by atoms with Gasteiger partial charge in [0.2, 0.25) is 10.3 Å². The van der Waals surface area contributed by atoms with E-state index in [4.69, 9.17) is 23.8 Å². The highest BCUT2D eigenvalue weighted by molar-refractivity contribution is 7.20. The van der Waals surface area contributed by atoms with Crippen LogP contribution in [0.2, 0.25) is 0 Å². The van der Waals surface area contributed by atoms with Gasteiger partial charge in [-0.3, -0.25) is 5.43 Å². The van der Waals surface area contributed by atoms with E-state index in [9.17, 15) is 4.79 Å².